The maximum atomic E-state index is 13.0. The summed E-state index contributed by atoms with van der Waals surface area (Å²) in [7, 11) is 0. The molecule has 2 fully saturated rings. The molecule has 1 aliphatic carbocycles. The molecule has 2 aliphatic rings. The predicted molar refractivity (Wildman–Crippen MR) is 72.6 cm³/mol. The molecule has 1 aromatic rings. The Morgan fingerprint density at radius 3 is 2.48 bits per heavy atom. The summed E-state index contributed by atoms with van der Waals surface area (Å²) in [5, 5.41) is 9.04. The lowest BCUT2D eigenvalue weighted by Crippen LogP contribution is -2.40. The van der Waals surface area contributed by atoms with Crippen molar-refractivity contribution in [1.82, 2.24) is 9.88 Å². The summed E-state index contributed by atoms with van der Waals surface area (Å²) in [6.45, 7) is 0.545. The molecule has 1 N–H and O–H groups in total. The summed E-state index contributed by atoms with van der Waals surface area (Å²) in [5.41, 5.74) is -1.91. The van der Waals surface area contributed by atoms with Gasteiger partial charge in [-0.15, -0.1) is 0 Å². The lowest BCUT2D eigenvalue weighted by molar-refractivity contribution is -0.142. The number of hydrogen-bond acceptors (Lipinski definition) is 3. The molecule has 1 saturated heterocycles. The molecule has 1 aliphatic heterocycles. The number of pyridine rings is 1. The van der Waals surface area contributed by atoms with Gasteiger partial charge in [0.05, 0.1) is 11.5 Å². The number of amides is 1. The molecule has 124 valence electrons. The van der Waals surface area contributed by atoms with Crippen molar-refractivity contribution in [2.75, 3.05) is 13.1 Å². The van der Waals surface area contributed by atoms with Crippen molar-refractivity contribution in [1.29, 1.82) is 0 Å². The van der Waals surface area contributed by atoms with Crippen molar-refractivity contribution >= 4 is 11.9 Å². The van der Waals surface area contributed by atoms with E-state index in [0.717, 1.165) is 12.3 Å². The number of carbonyl (C=O) groups is 2. The van der Waals surface area contributed by atoms with Crippen LogP contribution in [0, 0.1) is 11.3 Å². The number of carbonyl (C=O) groups excluding carboxylic acids is 1. The molecule has 0 bridgehead atoms. The van der Waals surface area contributed by atoms with Crippen LogP contribution in [-0.4, -0.2) is 40.0 Å². The molecule has 3 rings (SSSR count). The number of alkyl halides is 3. The fraction of sp³-hybridized carbons (Fsp3) is 0.533. The van der Waals surface area contributed by atoms with Crippen molar-refractivity contribution in [3.63, 3.8) is 0 Å². The van der Waals surface area contributed by atoms with Crippen molar-refractivity contribution in [2.24, 2.45) is 11.3 Å². The number of likely N-dealkylation sites (tertiary alicyclic amines) is 1. The molecule has 2 heterocycles. The van der Waals surface area contributed by atoms with Crippen LogP contribution < -0.4 is 0 Å². The second-order valence-electron chi connectivity index (χ2n) is 6.15. The lowest BCUT2D eigenvalue weighted by Gasteiger charge is -2.33. The van der Waals surface area contributed by atoms with E-state index in [1.807, 2.05) is 0 Å². The number of aromatic nitrogens is 1. The molecule has 1 amide bonds. The summed E-state index contributed by atoms with van der Waals surface area (Å²) in [5.74, 6) is -1.92. The summed E-state index contributed by atoms with van der Waals surface area (Å²) in [4.78, 5) is 28.0. The normalized spacial score (nSPS) is 22.9. The topological polar surface area (TPSA) is 70.5 Å². The average molecular weight is 328 g/mol. The first kappa shape index (κ1) is 15.8. The highest BCUT2D eigenvalue weighted by atomic mass is 19.4. The summed E-state index contributed by atoms with van der Waals surface area (Å²) < 4.78 is 38.9. The van der Waals surface area contributed by atoms with Crippen LogP contribution in [0.5, 0.6) is 0 Å². The smallest absolute Gasteiger partial charge is 0.434 e. The van der Waals surface area contributed by atoms with Gasteiger partial charge in [-0.05, 0) is 36.8 Å². The van der Waals surface area contributed by atoms with Gasteiger partial charge in [-0.1, -0.05) is 0 Å². The standard InChI is InChI=1S/C15H15F3N2O3/c16-15(17,18)11-9(2-1-5-19-11)12(21)20-6-3-14(4-7-20)8-10(14)13(22)23/h1-2,5,10H,3-4,6-8H2,(H,22,23). The lowest BCUT2D eigenvalue weighted by atomic mass is 9.90. The molecule has 23 heavy (non-hydrogen) atoms. The highest BCUT2D eigenvalue weighted by molar-refractivity contribution is 5.95. The molecule has 5 nitrogen and oxygen atoms in total. The zero-order valence-corrected chi connectivity index (χ0v) is 12.1. The molecule has 0 aromatic carbocycles. The van der Waals surface area contributed by atoms with Gasteiger partial charge in [0.15, 0.2) is 5.69 Å². The molecular weight excluding hydrogens is 313 g/mol. The van der Waals surface area contributed by atoms with Crippen LogP contribution in [0.2, 0.25) is 0 Å². The molecule has 1 unspecified atom stereocenters. The zero-order valence-electron chi connectivity index (χ0n) is 12.1. The minimum absolute atomic E-state index is 0.273. The van der Waals surface area contributed by atoms with Gasteiger partial charge in [-0.2, -0.15) is 13.2 Å². The number of carboxylic acids is 1. The zero-order chi connectivity index (χ0) is 16.8. The van der Waals surface area contributed by atoms with Gasteiger partial charge in [0.1, 0.15) is 0 Å². The molecular formula is C15H15F3N2O3. The van der Waals surface area contributed by atoms with E-state index in [0.29, 0.717) is 19.3 Å². The first-order valence-corrected chi connectivity index (χ1v) is 7.29. The van der Waals surface area contributed by atoms with E-state index in [-0.39, 0.29) is 24.4 Å². The van der Waals surface area contributed by atoms with Crippen molar-refractivity contribution in [3.8, 4) is 0 Å². The summed E-state index contributed by atoms with van der Waals surface area (Å²) >= 11 is 0. The third kappa shape index (κ3) is 2.77. The highest BCUT2D eigenvalue weighted by Crippen LogP contribution is 2.59. The van der Waals surface area contributed by atoms with Gasteiger partial charge in [-0.25, -0.2) is 0 Å². The van der Waals surface area contributed by atoms with Gasteiger partial charge < -0.3 is 10.0 Å². The maximum absolute atomic E-state index is 13.0. The van der Waals surface area contributed by atoms with E-state index in [9.17, 15) is 22.8 Å². The minimum atomic E-state index is -4.69. The summed E-state index contributed by atoms with van der Waals surface area (Å²) in [6.07, 6.45) is -2.07. The van der Waals surface area contributed by atoms with Crippen molar-refractivity contribution in [3.05, 3.63) is 29.6 Å². The van der Waals surface area contributed by atoms with E-state index in [1.54, 1.807) is 0 Å². The largest absolute Gasteiger partial charge is 0.481 e. The average Bonchev–Trinajstić information content (AvgIpc) is 3.20. The van der Waals surface area contributed by atoms with E-state index < -0.39 is 29.3 Å². The highest BCUT2D eigenvalue weighted by Gasteiger charge is 2.59. The van der Waals surface area contributed by atoms with Gasteiger partial charge >= 0.3 is 12.1 Å². The Balaban J connectivity index is 1.73. The van der Waals surface area contributed by atoms with Crippen LogP contribution in [0.3, 0.4) is 0 Å². The Morgan fingerprint density at radius 2 is 1.96 bits per heavy atom. The maximum Gasteiger partial charge on any atom is 0.434 e. The second kappa shape index (κ2) is 5.21. The fourth-order valence-electron chi connectivity index (χ4n) is 3.38. The number of hydrogen-bond donors (Lipinski definition) is 1. The molecule has 8 heteroatoms. The molecule has 1 spiro atoms. The number of carboxylic acid groups (broad SMARTS) is 1. The first-order chi connectivity index (χ1) is 10.7. The second-order valence-corrected chi connectivity index (χ2v) is 6.15. The third-order valence-electron chi connectivity index (χ3n) is 4.84. The Morgan fingerprint density at radius 1 is 1.30 bits per heavy atom. The van der Waals surface area contributed by atoms with Gasteiger partial charge in [-0.3, -0.25) is 14.6 Å². The van der Waals surface area contributed by atoms with Gasteiger partial charge in [0.25, 0.3) is 5.91 Å². The quantitative estimate of drug-likeness (QED) is 0.905. The van der Waals surface area contributed by atoms with E-state index in [2.05, 4.69) is 4.98 Å². The van der Waals surface area contributed by atoms with E-state index in [1.165, 1.54) is 11.0 Å². The predicted octanol–water partition coefficient (Wildman–Crippen LogP) is 2.43. The SMILES string of the molecule is O=C(O)C1CC12CCN(C(=O)c1cccnc1C(F)(F)F)CC2. The number of rotatable bonds is 2. The molecule has 0 radical (unpaired) electrons. The number of halogens is 3. The Labute approximate surface area is 130 Å². The Kier molecular flexibility index (Phi) is 3.57. The third-order valence-corrected chi connectivity index (χ3v) is 4.84. The van der Waals surface area contributed by atoms with Crippen molar-refractivity contribution < 1.29 is 27.9 Å². The van der Waals surface area contributed by atoms with Crippen LogP contribution in [0.25, 0.3) is 0 Å². The molecule has 1 saturated carbocycles. The van der Waals surface area contributed by atoms with E-state index in [4.69, 9.17) is 5.11 Å². The number of nitrogens with zero attached hydrogens (tertiary/aromatic N) is 2. The molecule has 1 aromatic heterocycles. The number of piperidine rings is 1. The monoisotopic (exact) mass is 328 g/mol. The van der Waals surface area contributed by atoms with Crippen LogP contribution in [0.4, 0.5) is 13.2 Å². The van der Waals surface area contributed by atoms with Crippen LogP contribution >= 0.6 is 0 Å². The fourth-order valence-corrected chi connectivity index (χ4v) is 3.38. The van der Waals surface area contributed by atoms with Crippen molar-refractivity contribution in [2.45, 2.75) is 25.4 Å². The summed E-state index contributed by atoms with van der Waals surface area (Å²) in [6, 6.07) is 2.43. The van der Waals surface area contributed by atoms with E-state index >= 15 is 0 Å². The minimum Gasteiger partial charge on any atom is -0.481 e. The Bertz CT molecular complexity index is 652. The first-order valence-electron chi connectivity index (χ1n) is 7.29. The van der Waals surface area contributed by atoms with Crippen LogP contribution in [0.15, 0.2) is 18.3 Å². The Hall–Kier alpha value is -2.12. The van der Waals surface area contributed by atoms with Gasteiger partial charge in [0.2, 0.25) is 0 Å². The molecule has 1 atom stereocenters. The van der Waals surface area contributed by atoms with Crippen LogP contribution in [-0.2, 0) is 11.0 Å². The number of aliphatic carboxylic acids is 1. The van der Waals surface area contributed by atoms with Gasteiger partial charge in [0, 0.05) is 19.3 Å². The van der Waals surface area contributed by atoms with Crippen LogP contribution in [0.1, 0.15) is 35.3 Å².